The molecule has 5 heteroatoms. The van der Waals surface area contributed by atoms with Crippen molar-refractivity contribution >= 4 is 29.5 Å². The van der Waals surface area contributed by atoms with Crippen molar-refractivity contribution in [3.8, 4) is 0 Å². The summed E-state index contributed by atoms with van der Waals surface area (Å²) in [6.07, 6.45) is 4.04. The van der Waals surface area contributed by atoms with E-state index < -0.39 is 0 Å². The van der Waals surface area contributed by atoms with E-state index in [1.807, 2.05) is 0 Å². The highest BCUT2D eigenvalue weighted by molar-refractivity contribution is 6.34. The Labute approximate surface area is 86.1 Å². The number of carbonyl (C=O) groups excluding carboxylic acids is 1. The zero-order valence-corrected chi connectivity index (χ0v) is 8.35. The Hall–Kier alpha value is -0.670. The third-order valence-electron chi connectivity index (χ3n) is 1.59. The molecule has 1 heterocycles. The van der Waals surface area contributed by atoms with Gasteiger partial charge < -0.3 is 4.79 Å². The van der Waals surface area contributed by atoms with Crippen molar-refractivity contribution in [1.82, 2.24) is 9.97 Å². The molecular weight excluding hydrogens is 211 g/mol. The Morgan fingerprint density at radius 2 is 1.92 bits per heavy atom. The molecule has 0 aliphatic carbocycles. The van der Waals surface area contributed by atoms with Crippen LogP contribution in [0.2, 0.25) is 10.3 Å². The smallest absolute Gasteiger partial charge is 0.137 e. The fraction of sp³-hybridized carbons (Fsp3) is 0.375. The molecule has 0 amide bonds. The maximum Gasteiger partial charge on any atom is 0.137 e. The molecule has 0 aromatic carbocycles. The van der Waals surface area contributed by atoms with Gasteiger partial charge in [-0.25, -0.2) is 9.97 Å². The monoisotopic (exact) mass is 218 g/mol. The van der Waals surface area contributed by atoms with Crippen molar-refractivity contribution in [2.75, 3.05) is 0 Å². The van der Waals surface area contributed by atoms with E-state index >= 15 is 0 Å². The lowest BCUT2D eigenvalue weighted by Crippen LogP contribution is -1.93. The number of nitrogens with zero attached hydrogens (tertiary/aromatic N) is 2. The van der Waals surface area contributed by atoms with E-state index in [4.69, 9.17) is 23.2 Å². The molecule has 0 saturated carbocycles. The molecule has 0 aliphatic heterocycles. The summed E-state index contributed by atoms with van der Waals surface area (Å²) in [6.45, 7) is 0. The first kappa shape index (κ1) is 10.4. The highest BCUT2D eigenvalue weighted by Crippen LogP contribution is 2.21. The molecule has 1 aromatic rings. The molecule has 13 heavy (non-hydrogen) atoms. The van der Waals surface area contributed by atoms with Crippen molar-refractivity contribution in [2.45, 2.75) is 19.3 Å². The maximum absolute atomic E-state index is 10.1. The number of unbranched alkanes of at least 4 members (excludes halogenated alkanes) is 1. The van der Waals surface area contributed by atoms with Crippen LogP contribution < -0.4 is 0 Å². The van der Waals surface area contributed by atoms with Gasteiger partial charge in [-0.1, -0.05) is 23.2 Å². The van der Waals surface area contributed by atoms with Crippen LogP contribution in [-0.4, -0.2) is 16.3 Å². The third-order valence-corrected chi connectivity index (χ3v) is 2.24. The number of rotatable bonds is 4. The van der Waals surface area contributed by atoms with Crippen molar-refractivity contribution in [3.05, 3.63) is 22.2 Å². The first-order chi connectivity index (χ1) is 6.25. The molecule has 0 N–H and O–H groups in total. The summed E-state index contributed by atoms with van der Waals surface area (Å²) in [5.74, 6) is 0. The quantitative estimate of drug-likeness (QED) is 0.443. The van der Waals surface area contributed by atoms with E-state index in [0.717, 1.165) is 12.7 Å². The van der Waals surface area contributed by atoms with Crippen LogP contribution in [-0.2, 0) is 11.2 Å². The summed E-state index contributed by atoms with van der Waals surface area (Å²) in [5.41, 5.74) is 0.715. The molecule has 70 valence electrons. The van der Waals surface area contributed by atoms with Crippen LogP contribution in [0.1, 0.15) is 18.4 Å². The molecule has 1 rings (SSSR count). The normalized spacial score (nSPS) is 10.0. The standard InChI is InChI=1S/C8H8Cl2N2O/c9-7-6(3-1-2-4-13)8(10)12-5-11-7/h4-5H,1-3H2. The van der Waals surface area contributed by atoms with Gasteiger partial charge in [0.2, 0.25) is 0 Å². The largest absolute Gasteiger partial charge is 0.303 e. The van der Waals surface area contributed by atoms with Crippen LogP contribution >= 0.6 is 23.2 Å². The van der Waals surface area contributed by atoms with Gasteiger partial charge in [-0.3, -0.25) is 0 Å². The van der Waals surface area contributed by atoms with Gasteiger partial charge in [-0.15, -0.1) is 0 Å². The molecular formula is C8H8Cl2N2O. The number of hydrogen-bond acceptors (Lipinski definition) is 3. The van der Waals surface area contributed by atoms with Crippen molar-refractivity contribution in [2.24, 2.45) is 0 Å². The van der Waals surface area contributed by atoms with Crippen LogP contribution in [0.4, 0.5) is 0 Å². The molecule has 0 atom stereocenters. The van der Waals surface area contributed by atoms with Crippen LogP contribution in [0.5, 0.6) is 0 Å². The first-order valence-electron chi connectivity index (χ1n) is 3.84. The molecule has 0 radical (unpaired) electrons. The summed E-state index contributed by atoms with van der Waals surface area (Å²) in [4.78, 5) is 17.7. The van der Waals surface area contributed by atoms with Crippen LogP contribution in [0.3, 0.4) is 0 Å². The van der Waals surface area contributed by atoms with E-state index in [1.54, 1.807) is 0 Å². The average Bonchev–Trinajstić information content (AvgIpc) is 2.10. The van der Waals surface area contributed by atoms with E-state index in [9.17, 15) is 4.79 Å². The lowest BCUT2D eigenvalue weighted by atomic mass is 10.1. The summed E-state index contributed by atoms with van der Waals surface area (Å²) >= 11 is 11.6. The molecule has 0 bridgehead atoms. The van der Waals surface area contributed by atoms with Gasteiger partial charge in [0.05, 0.1) is 0 Å². The van der Waals surface area contributed by atoms with Gasteiger partial charge in [0.25, 0.3) is 0 Å². The van der Waals surface area contributed by atoms with Crippen LogP contribution in [0, 0.1) is 0 Å². The topological polar surface area (TPSA) is 42.9 Å². The molecule has 0 saturated heterocycles. The predicted octanol–water partition coefficient (Wildman–Crippen LogP) is 2.31. The number of aromatic nitrogens is 2. The van der Waals surface area contributed by atoms with Crippen molar-refractivity contribution in [1.29, 1.82) is 0 Å². The second kappa shape index (κ2) is 5.14. The van der Waals surface area contributed by atoms with Gasteiger partial charge >= 0.3 is 0 Å². The van der Waals surface area contributed by atoms with Gasteiger partial charge in [0, 0.05) is 12.0 Å². The minimum Gasteiger partial charge on any atom is -0.303 e. The van der Waals surface area contributed by atoms with Crippen LogP contribution in [0.15, 0.2) is 6.33 Å². The van der Waals surface area contributed by atoms with E-state index in [-0.39, 0.29) is 0 Å². The number of aldehydes is 1. The zero-order chi connectivity index (χ0) is 9.68. The summed E-state index contributed by atoms with van der Waals surface area (Å²) in [5, 5.41) is 0.733. The van der Waals surface area contributed by atoms with Gasteiger partial charge in [-0.2, -0.15) is 0 Å². The molecule has 1 aromatic heterocycles. The SMILES string of the molecule is O=CCCCc1c(Cl)ncnc1Cl. The molecule has 0 spiro atoms. The Morgan fingerprint density at radius 1 is 1.31 bits per heavy atom. The van der Waals surface area contributed by atoms with Crippen molar-refractivity contribution in [3.63, 3.8) is 0 Å². The Bertz CT molecular complexity index is 284. The fourth-order valence-corrected chi connectivity index (χ4v) is 1.44. The highest BCUT2D eigenvalue weighted by Gasteiger charge is 2.06. The molecule has 0 fully saturated rings. The third kappa shape index (κ3) is 2.94. The van der Waals surface area contributed by atoms with Gasteiger partial charge in [-0.05, 0) is 12.8 Å². The second-order valence-electron chi connectivity index (χ2n) is 2.49. The summed E-state index contributed by atoms with van der Waals surface area (Å²) < 4.78 is 0. The maximum atomic E-state index is 10.1. The molecule has 3 nitrogen and oxygen atoms in total. The fourth-order valence-electron chi connectivity index (χ4n) is 0.940. The minimum atomic E-state index is 0.367. The molecule has 0 aliphatic rings. The number of hydrogen-bond donors (Lipinski definition) is 0. The number of halogens is 2. The Balaban J connectivity index is 2.69. The highest BCUT2D eigenvalue weighted by atomic mass is 35.5. The Morgan fingerprint density at radius 3 is 2.46 bits per heavy atom. The summed E-state index contributed by atoms with van der Waals surface area (Å²) in [7, 11) is 0. The Kier molecular flexibility index (Phi) is 4.12. The minimum absolute atomic E-state index is 0.367. The molecule has 0 unspecified atom stereocenters. The number of carbonyl (C=O) groups is 1. The van der Waals surface area contributed by atoms with E-state index in [1.165, 1.54) is 6.33 Å². The van der Waals surface area contributed by atoms with Gasteiger partial charge in [0.15, 0.2) is 0 Å². The van der Waals surface area contributed by atoms with E-state index in [0.29, 0.717) is 28.7 Å². The van der Waals surface area contributed by atoms with Gasteiger partial charge in [0.1, 0.15) is 22.9 Å². The summed E-state index contributed by atoms with van der Waals surface area (Å²) in [6, 6.07) is 0. The van der Waals surface area contributed by atoms with E-state index in [2.05, 4.69) is 9.97 Å². The first-order valence-corrected chi connectivity index (χ1v) is 4.60. The predicted molar refractivity (Wildman–Crippen MR) is 51.1 cm³/mol. The van der Waals surface area contributed by atoms with Crippen molar-refractivity contribution < 1.29 is 4.79 Å². The lowest BCUT2D eigenvalue weighted by molar-refractivity contribution is -0.107. The average molecular weight is 219 g/mol. The lowest BCUT2D eigenvalue weighted by Gasteiger charge is -2.02. The second-order valence-corrected chi connectivity index (χ2v) is 3.21. The zero-order valence-electron chi connectivity index (χ0n) is 6.83. The van der Waals surface area contributed by atoms with Crippen LogP contribution in [0.25, 0.3) is 0 Å².